The fraction of sp³-hybridized carbons (Fsp3) is 0.353. The molecule has 12 heteroatoms. The fourth-order valence-electron chi connectivity index (χ4n) is 2.05. The number of rotatable bonds is 11. The number of hydrazine groups is 1. The second-order valence-electron chi connectivity index (χ2n) is 5.83. The van der Waals surface area contributed by atoms with Crippen molar-refractivity contribution in [3.63, 3.8) is 0 Å². The highest BCUT2D eigenvalue weighted by Gasteiger charge is 2.22. The van der Waals surface area contributed by atoms with E-state index in [-0.39, 0.29) is 26.0 Å². The Labute approximate surface area is 166 Å². The Hall–Kier alpha value is -3.67. The van der Waals surface area contributed by atoms with Crippen molar-refractivity contribution in [2.24, 2.45) is 11.6 Å². The molecule has 1 rings (SSSR count). The molecular weight excluding hydrogens is 384 g/mol. The van der Waals surface area contributed by atoms with Gasteiger partial charge in [-0.2, -0.15) is 0 Å². The van der Waals surface area contributed by atoms with Crippen molar-refractivity contribution in [2.75, 3.05) is 13.1 Å². The number of benzene rings is 1. The summed E-state index contributed by atoms with van der Waals surface area (Å²) in [7, 11) is 0. The Morgan fingerprint density at radius 3 is 2.24 bits per heavy atom. The van der Waals surface area contributed by atoms with Crippen LogP contribution in [0.1, 0.15) is 18.4 Å². The number of carbonyl (C=O) groups excluding carboxylic acids is 5. The first-order valence-electron chi connectivity index (χ1n) is 8.61. The number of amides is 5. The van der Waals surface area contributed by atoms with Crippen molar-refractivity contribution in [1.29, 1.82) is 0 Å². The third-order valence-electron chi connectivity index (χ3n) is 3.53. The highest BCUT2D eigenvalue weighted by Crippen LogP contribution is 2.02. The molecule has 29 heavy (non-hydrogen) atoms. The van der Waals surface area contributed by atoms with Crippen molar-refractivity contribution in [3.05, 3.63) is 35.9 Å². The molecule has 8 N–H and O–H groups in total. The van der Waals surface area contributed by atoms with Crippen LogP contribution < -0.4 is 33.0 Å². The molecule has 1 aromatic rings. The maximum atomic E-state index is 12.3. The molecular formula is C17H24N6O6. The van der Waals surface area contributed by atoms with E-state index in [2.05, 4.69) is 16.0 Å². The maximum absolute atomic E-state index is 12.3. The van der Waals surface area contributed by atoms with Crippen LogP contribution in [0.5, 0.6) is 0 Å². The summed E-state index contributed by atoms with van der Waals surface area (Å²) < 4.78 is 5.04. The highest BCUT2D eigenvalue weighted by molar-refractivity contribution is 5.91. The standard InChI is InChI=1S/C17H24N6O6/c18-13(24)7-6-12(16(27)21-8-14(25)20-9-15(26)23-19)22-17(28)29-10-11-4-2-1-3-5-11/h1-5,12H,6-10,19H2,(H2,18,24)(H,20,25)(H,21,27)(H,22,28)(H,23,26). The molecule has 5 amide bonds. The average molecular weight is 408 g/mol. The number of carbonyl (C=O) groups is 5. The van der Waals surface area contributed by atoms with Crippen LogP contribution in [0.4, 0.5) is 4.79 Å². The van der Waals surface area contributed by atoms with Crippen molar-refractivity contribution >= 4 is 29.7 Å². The van der Waals surface area contributed by atoms with E-state index in [0.29, 0.717) is 0 Å². The zero-order valence-corrected chi connectivity index (χ0v) is 15.6. The van der Waals surface area contributed by atoms with Crippen LogP contribution >= 0.6 is 0 Å². The van der Waals surface area contributed by atoms with Gasteiger partial charge in [0.15, 0.2) is 0 Å². The summed E-state index contributed by atoms with van der Waals surface area (Å²) in [5, 5.41) is 6.85. The molecule has 158 valence electrons. The van der Waals surface area contributed by atoms with Gasteiger partial charge in [-0.3, -0.25) is 24.6 Å². The Morgan fingerprint density at radius 1 is 0.966 bits per heavy atom. The van der Waals surface area contributed by atoms with Gasteiger partial charge in [0.05, 0.1) is 13.1 Å². The van der Waals surface area contributed by atoms with Crippen molar-refractivity contribution in [2.45, 2.75) is 25.5 Å². The first kappa shape index (κ1) is 23.4. The molecule has 0 saturated heterocycles. The van der Waals surface area contributed by atoms with E-state index in [4.69, 9.17) is 16.3 Å². The minimum absolute atomic E-state index is 0.0115. The predicted molar refractivity (Wildman–Crippen MR) is 100 cm³/mol. The van der Waals surface area contributed by atoms with Crippen molar-refractivity contribution in [1.82, 2.24) is 21.4 Å². The van der Waals surface area contributed by atoms with Crippen LogP contribution in [0.3, 0.4) is 0 Å². The van der Waals surface area contributed by atoms with Gasteiger partial charge in [0.2, 0.25) is 17.7 Å². The van der Waals surface area contributed by atoms with Crippen molar-refractivity contribution in [3.8, 4) is 0 Å². The van der Waals surface area contributed by atoms with E-state index in [1.165, 1.54) is 0 Å². The molecule has 0 radical (unpaired) electrons. The Morgan fingerprint density at radius 2 is 1.62 bits per heavy atom. The summed E-state index contributed by atoms with van der Waals surface area (Å²) in [5.74, 6) is 2.23. The molecule has 0 heterocycles. The summed E-state index contributed by atoms with van der Waals surface area (Å²) >= 11 is 0. The summed E-state index contributed by atoms with van der Waals surface area (Å²) in [6.07, 6.45) is -1.12. The number of primary amides is 1. The van der Waals surface area contributed by atoms with Gasteiger partial charge >= 0.3 is 6.09 Å². The average Bonchev–Trinajstić information content (AvgIpc) is 2.72. The van der Waals surface area contributed by atoms with E-state index in [9.17, 15) is 24.0 Å². The van der Waals surface area contributed by atoms with Crippen LogP contribution in [0.25, 0.3) is 0 Å². The molecule has 0 saturated carbocycles. The molecule has 1 atom stereocenters. The third kappa shape index (κ3) is 10.3. The Kier molecular flexibility index (Phi) is 10.2. The summed E-state index contributed by atoms with van der Waals surface area (Å²) in [5.41, 5.74) is 7.66. The molecule has 1 unspecified atom stereocenters. The van der Waals surface area contributed by atoms with Crippen LogP contribution in [0.15, 0.2) is 30.3 Å². The molecule has 0 spiro atoms. The summed E-state index contributed by atoms with van der Waals surface area (Å²) in [4.78, 5) is 57.8. The number of nitrogens with two attached hydrogens (primary N) is 2. The van der Waals surface area contributed by atoms with E-state index in [1.807, 2.05) is 11.5 Å². The van der Waals surface area contributed by atoms with Crippen molar-refractivity contribution < 1.29 is 28.7 Å². The Bertz CT molecular complexity index is 726. The zero-order valence-electron chi connectivity index (χ0n) is 15.6. The van der Waals surface area contributed by atoms with Crippen LogP contribution in [-0.2, 0) is 30.5 Å². The first-order chi connectivity index (χ1) is 13.8. The lowest BCUT2D eigenvalue weighted by molar-refractivity contribution is -0.128. The summed E-state index contributed by atoms with van der Waals surface area (Å²) in [6, 6.07) is 7.74. The largest absolute Gasteiger partial charge is 0.445 e. The van der Waals surface area contributed by atoms with Gasteiger partial charge in [-0.05, 0) is 12.0 Å². The molecule has 0 aromatic heterocycles. The Balaban J connectivity index is 2.53. The van der Waals surface area contributed by atoms with Crippen LogP contribution in [-0.4, -0.2) is 48.9 Å². The molecule has 0 aliphatic rings. The second kappa shape index (κ2) is 12.7. The molecule has 12 nitrogen and oxygen atoms in total. The van der Waals surface area contributed by atoms with E-state index in [1.54, 1.807) is 24.3 Å². The first-order valence-corrected chi connectivity index (χ1v) is 8.61. The number of hydrogen-bond donors (Lipinski definition) is 6. The monoisotopic (exact) mass is 408 g/mol. The van der Waals surface area contributed by atoms with Gasteiger partial charge in [0.25, 0.3) is 5.91 Å². The smallest absolute Gasteiger partial charge is 0.408 e. The van der Waals surface area contributed by atoms with Gasteiger partial charge in [-0.15, -0.1) is 0 Å². The van der Waals surface area contributed by atoms with E-state index >= 15 is 0 Å². The second-order valence-corrected chi connectivity index (χ2v) is 5.83. The van der Waals surface area contributed by atoms with Gasteiger partial charge in [0, 0.05) is 6.42 Å². The molecule has 0 aliphatic heterocycles. The molecule has 0 fully saturated rings. The topological polar surface area (TPSA) is 195 Å². The minimum atomic E-state index is -1.15. The van der Waals surface area contributed by atoms with Gasteiger partial charge in [-0.25, -0.2) is 10.6 Å². The normalized spacial score (nSPS) is 10.9. The number of hydrogen-bond acceptors (Lipinski definition) is 7. The number of alkyl carbamates (subject to hydrolysis) is 1. The molecule has 1 aromatic carbocycles. The van der Waals surface area contributed by atoms with Gasteiger partial charge in [-0.1, -0.05) is 30.3 Å². The quantitative estimate of drug-likeness (QED) is 0.135. The molecule has 0 bridgehead atoms. The van der Waals surface area contributed by atoms with Gasteiger partial charge in [0.1, 0.15) is 12.6 Å². The van der Waals surface area contributed by atoms with Crippen LogP contribution in [0, 0.1) is 0 Å². The third-order valence-corrected chi connectivity index (χ3v) is 3.53. The summed E-state index contributed by atoms with van der Waals surface area (Å²) in [6.45, 7) is -0.826. The number of nitrogens with one attached hydrogen (secondary N) is 4. The van der Waals surface area contributed by atoms with E-state index in [0.717, 1.165) is 5.56 Å². The van der Waals surface area contributed by atoms with Crippen LogP contribution in [0.2, 0.25) is 0 Å². The zero-order chi connectivity index (χ0) is 21.6. The minimum Gasteiger partial charge on any atom is -0.445 e. The number of ether oxygens (including phenoxy) is 1. The molecule has 0 aliphatic carbocycles. The lowest BCUT2D eigenvalue weighted by atomic mass is 10.1. The lowest BCUT2D eigenvalue weighted by Crippen LogP contribution is -2.50. The van der Waals surface area contributed by atoms with E-state index < -0.39 is 42.3 Å². The van der Waals surface area contributed by atoms with Gasteiger partial charge < -0.3 is 26.4 Å². The SMILES string of the molecule is NNC(=O)CNC(=O)CNC(=O)C(CCC(N)=O)NC(=O)OCc1ccccc1. The fourth-order valence-corrected chi connectivity index (χ4v) is 2.05. The maximum Gasteiger partial charge on any atom is 0.408 e. The lowest BCUT2D eigenvalue weighted by Gasteiger charge is -2.17. The predicted octanol–water partition coefficient (Wildman–Crippen LogP) is -2.23. The highest BCUT2D eigenvalue weighted by atomic mass is 16.5.